The molecule has 298 valence electrons. The average molecular weight is 735 g/mol. The Bertz CT molecular complexity index is 795. The summed E-state index contributed by atoms with van der Waals surface area (Å²) in [7, 11) is -4.51. The van der Waals surface area contributed by atoms with Crippen molar-refractivity contribution in [2.24, 2.45) is 0 Å². The SMILES string of the molecule is CCCCCCCCC/C=C\CCCCCCCC(=O)OC(COCCCCCCCCCCCCCCC)COP(=O)(O)OCC(O)CO. The third kappa shape index (κ3) is 37.0. The molecular formula is C40H79O9P. The maximum absolute atomic E-state index is 12.6. The molecule has 0 bridgehead atoms. The molecule has 3 unspecified atom stereocenters. The van der Waals surface area contributed by atoms with Gasteiger partial charge in [-0.3, -0.25) is 13.8 Å². The number of aliphatic hydroxyl groups excluding tert-OH is 2. The molecule has 0 heterocycles. The highest BCUT2D eigenvalue weighted by molar-refractivity contribution is 7.47. The Morgan fingerprint density at radius 3 is 1.50 bits per heavy atom. The van der Waals surface area contributed by atoms with Gasteiger partial charge in [-0.15, -0.1) is 0 Å². The molecule has 9 nitrogen and oxygen atoms in total. The van der Waals surface area contributed by atoms with E-state index < -0.39 is 33.2 Å². The molecule has 0 aromatic heterocycles. The molecule has 3 atom stereocenters. The molecule has 0 radical (unpaired) electrons. The van der Waals surface area contributed by atoms with Crippen LogP contribution in [0.25, 0.3) is 0 Å². The fourth-order valence-corrected chi connectivity index (χ4v) is 6.55. The van der Waals surface area contributed by atoms with Crippen molar-refractivity contribution in [1.82, 2.24) is 0 Å². The first-order chi connectivity index (χ1) is 24.3. The van der Waals surface area contributed by atoms with E-state index in [1.807, 2.05) is 0 Å². The Hall–Kier alpha value is -0.800. The van der Waals surface area contributed by atoms with Gasteiger partial charge in [0.1, 0.15) is 12.2 Å². The van der Waals surface area contributed by atoms with E-state index in [1.54, 1.807) is 0 Å². The second-order valence-electron chi connectivity index (χ2n) is 14.0. The van der Waals surface area contributed by atoms with E-state index in [9.17, 15) is 19.4 Å². The predicted octanol–water partition coefficient (Wildman–Crippen LogP) is 10.9. The summed E-state index contributed by atoms with van der Waals surface area (Å²) in [6.45, 7) is 3.53. The molecule has 0 saturated carbocycles. The third-order valence-corrected chi connectivity index (χ3v) is 9.90. The van der Waals surface area contributed by atoms with Crippen molar-refractivity contribution in [3.63, 3.8) is 0 Å². The van der Waals surface area contributed by atoms with Crippen molar-refractivity contribution in [2.45, 2.75) is 206 Å². The predicted molar refractivity (Wildman–Crippen MR) is 205 cm³/mol. The van der Waals surface area contributed by atoms with Crippen LogP contribution in [0.2, 0.25) is 0 Å². The van der Waals surface area contributed by atoms with Crippen molar-refractivity contribution in [3.8, 4) is 0 Å². The molecule has 0 rings (SSSR count). The molecule has 0 aliphatic rings. The topological polar surface area (TPSA) is 132 Å². The highest BCUT2D eigenvalue weighted by Gasteiger charge is 2.26. The van der Waals surface area contributed by atoms with Gasteiger partial charge in [0, 0.05) is 13.0 Å². The van der Waals surface area contributed by atoms with Crippen LogP contribution in [0, 0.1) is 0 Å². The summed E-state index contributed by atoms with van der Waals surface area (Å²) >= 11 is 0. The van der Waals surface area contributed by atoms with E-state index in [1.165, 1.54) is 122 Å². The van der Waals surface area contributed by atoms with Crippen LogP contribution in [0.1, 0.15) is 194 Å². The molecule has 10 heteroatoms. The standard InChI is InChI=1S/C40H79O9P/c1-3-5-7-9-11-13-15-17-18-19-20-22-24-26-28-30-32-40(43)49-39(37-48-50(44,45)47-35-38(42)34-41)36-46-33-31-29-27-25-23-21-16-14-12-10-8-6-4-2/h18-19,38-39,41-42H,3-17,20-37H2,1-2H3,(H,44,45)/b19-18-. The second kappa shape index (κ2) is 37.9. The molecule has 0 aromatic rings. The molecule has 0 aromatic carbocycles. The van der Waals surface area contributed by atoms with Crippen molar-refractivity contribution in [2.75, 3.05) is 33.0 Å². The lowest BCUT2D eigenvalue weighted by atomic mass is 10.0. The molecule has 0 aliphatic carbocycles. The number of allylic oxidation sites excluding steroid dienone is 2. The van der Waals surface area contributed by atoms with Gasteiger partial charge in [-0.05, 0) is 38.5 Å². The van der Waals surface area contributed by atoms with E-state index in [0.29, 0.717) is 6.61 Å². The van der Waals surface area contributed by atoms with E-state index in [4.69, 9.17) is 23.6 Å². The fraction of sp³-hybridized carbons (Fsp3) is 0.925. The van der Waals surface area contributed by atoms with Crippen LogP contribution in [0.15, 0.2) is 12.2 Å². The maximum Gasteiger partial charge on any atom is 0.472 e. The average Bonchev–Trinajstić information content (AvgIpc) is 3.10. The number of ether oxygens (including phenoxy) is 2. The number of carbonyl (C=O) groups is 1. The smallest absolute Gasteiger partial charge is 0.457 e. The van der Waals surface area contributed by atoms with Crippen molar-refractivity contribution in [1.29, 1.82) is 0 Å². The number of phosphoric acid groups is 1. The molecular weight excluding hydrogens is 655 g/mol. The molecule has 0 aliphatic heterocycles. The number of esters is 1. The number of carbonyl (C=O) groups excluding carboxylic acids is 1. The van der Waals surface area contributed by atoms with Crippen LogP contribution in [-0.2, 0) is 27.9 Å². The summed E-state index contributed by atoms with van der Waals surface area (Å²) in [5, 5.41) is 18.3. The molecule has 50 heavy (non-hydrogen) atoms. The minimum absolute atomic E-state index is 0.0513. The normalized spacial score (nSPS) is 14.3. The number of aliphatic hydroxyl groups is 2. The molecule has 0 spiro atoms. The van der Waals surface area contributed by atoms with Gasteiger partial charge in [0.15, 0.2) is 0 Å². The Labute approximate surface area is 307 Å². The highest BCUT2D eigenvalue weighted by Crippen LogP contribution is 2.43. The van der Waals surface area contributed by atoms with Crippen LogP contribution in [0.3, 0.4) is 0 Å². The first-order valence-corrected chi connectivity index (χ1v) is 22.2. The zero-order valence-electron chi connectivity index (χ0n) is 32.4. The van der Waals surface area contributed by atoms with Crippen LogP contribution in [0.5, 0.6) is 0 Å². The number of hydrogen-bond acceptors (Lipinski definition) is 8. The largest absolute Gasteiger partial charge is 0.472 e. The van der Waals surface area contributed by atoms with Crippen molar-refractivity contribution < 1.29 is 43.0 Å². The Morgan fingerprint density at radius 1 is 0.600 bits per heavy atom. The summed E-state index contributed by atoms with van der Waals surface area (Å²) in [5.74, 6) is -0.388. The molecule has 0 fully saturated rings. The Morgan fingerprint density at radius 2 is 1.02 bits per heavy atom. The summed E-state index contributed by atoms with van der Waals surface area (Å²) in [4.78, 5) is 22.5. The fourth-order valence-electron chi connectivity index (χ4n) is 5.76. The third-order valence-electron chi connectivity index (χ3n) is 8.95. The van der Waals surface area contributed by atoms with Gasteiger partial charge in [0.25, 0.3) is 0 Å². The zero-order valence-corrected chi connectivity index (χ0v) is 33.3. The Balaban J connectivity index is 4.19. The number of unbranched alkanes of at least 4 members (excludes halogenated alkanes) is 24. The van der Waals surface area contributed by atoms with Gasteiger partial charge >= 0.3 is 13.8 Å². The summed E-state index contributed by atoms with van der Waals surface area (Å²) in [6.07, 6.45) is 35.9. The van der Waals surface area contributed by atoms with Gasteiger partial charge < -0.3 is 24.6 Å². The maximum atomic E-state index is 12.6. The molecule has 0 saturated heterocycles. The monoisotopic (exact) mass is 735 g/mol. The quantitative estimate of drug-likeness (QED) is 0.0243. The van der Waals surface area contributed by atoms with Crippen molar-refractivity contribution >= 4 is 13.8 Å². The van der Waals surface area contributed by atoms with Crippen molar-refractivity contribution in [3.05, 3.63) is 12.2 Å². The Kier molecular flexibility index (Phi) is 37.3. The van der Waals surface area contributed by atoms with E-state index in [-0.39, 0.29) is 25.6 Å². The van der Waals surface area contributed by atoms with E-state index in [2.05, 4.69) is 26.0 Å². The first-order valence-electron chi connectivity index (χ1n) is 20.7. The number of rotatable bonds is 40. The minimum Gasteiger partial charge on any atom is -0.457 e. The van der Waals surface area contributed by atoms with Crippen LogP contribution in [0.4, 0.5) is 0 Å². The zero-order chi connectivity index (χ0) is 36.8. The van der Waals surface area contributed by atoms with E-state index in [0.717, 1.165) is 51.4 Å². The molecule has 0 amide bonds. The lowest BCUT2D eigenvalue weighted by Crippen LogP contribution is -2.29. The van der Waals surface area contributed by atoms with Gasteiger partial charge in [-0.25, -0.2) is 4.57 Å². The molecule has 3 N–H and O–H groups in total. The van der Waals surface area contributed by atoms with Crippen LogP contribution < -0.4 is 0 Å². The van der Waals surface area contributed by atoms with Crippen LogP contribution >= 0.6 is 7.82 Å². The number of phosphoric ester groups is 1. The highest BCUT2D eigenvalue weighted by atomic mass is 31.2. The van der Waals surface area contributed by atoms with Gasteiger partial charge in [0.05, 0.1) is 26.4 Å². The van der Waals surface area contributed by atoms with Gasteiger partial charge in [0.2, 0.25) is 0 Å². The summed E-state index contributed by atoms with van der Waals surface area (Å²) in [5.41, 5.74) is 0. The van der Waals surface area contributed by atoms with E-state index >= 15 is 0 Å². The van der Waals surface area contributed by atoms with Gasteiger partial charge in [-0.2, -0.15) is 0 Å². The van der Waals surface area contributed by atoms with Crippen LogP contribution in [-0.4, -0.2) is 66.3 Å². The lowest BCUT2D eigenvalue weighted by Gasteiger charge is -2.20. The number of hydrogen-bond donors (Lipinski definition) is 3. The lowest BCUT2D eigenvalue weighted by molar-refractivity contribution is -0.154. The van der Waals surface area contributed by atoms with Gasteiger partial charge in [-0.1, -0.05) is 161 Å². The second-order valence-corrected chi connectivity index (χ2v) is 15.5. The first kappa shape index (κ1) is 49.2. The minimum atomic E-state index is -4.51. The summed E-state index contributed by atoms with van der Waals surface area (Å²) < 4.78 is 33.3. The summed E-state index contributed by atoms with van der Waals surface area (Å²) in [6, 6.07) is 0.